The molecule has 0 aromatic heterocycles. The van der Waals surface area contributed by atoms with E-state index in [1.807, 2.05) is 0 Å². The number of fused-ring (bicyclic) bond motifs is 1. The van der Waals surface area contributed by atoms with E-state index < -0.39 is 0 Å². The zero-order valence-corrected chi connectivity index (χ0v) is 10.0. The van der Waals surface area contributed by atoms with Gasteiger partial charge in [-0.05, 0) is 43.0 Å². The topological polar surface area (TPSA) is 21.3 Å². The molecular formula is C13H16ClNO. The lowest BCUT2D eigenvalue weighted by Crippen LogP contribution is -2.23. The Kier molecular flexibility index (Phi) is 2.78. The van der Waals surface area contributed by atoms with Crippen LogP contribution >= 0.6 is 11.6 Å². The number of hydrogen-bond acceptors (Lipinski definition) is 2. The predicted molar refractivity (Wildman–Crippen MR) is 65.4 cm³/mol. The minimum absolute atomic E-state index is 0.636. The lowest BCUT2D eigenvalue weighted by atomic mass is 10.0. The van der Waals surface area contributed by atoms with Gasteiger partial charge in [-0.25, -0.2) is 0 Å². The maximum atomic E-state index is 6.21. The van der Waals surface area contributed by atoms with Crippen molar-refractivity contribution in [1.82, 2.24) is 5.32 Å². The average molecular weight is 238 g/mol. The lowest BCUT2D eigenvalue weighted by Gasteiger charge is -2.11. The predicted octanol–water partition coefficient (Wildman–Crippen LogP) is 2.57. The zero-order valence-electron chi connectivity index (χ0n) is 9.26. The number of halogens is 1. The molecule has 1 unspecified atom stereocenters. The van der Waals surface area contributed by atoms with Gasteiger partial charge in [-0.1, -0.05) is 17.7 Å². The highest BCUT2D eigenvalue weighted by atomic mass is 35.5. The minimum Gasteiger partial charge on any atom is -0.491 e. The van der Waals surface area contributed by atoms with E-state index in [0.717, 1.165) is 36.8 Å². The molecule has 0 bridgehead atoms. The van der Waals surface area contributed by atoms with Crippen molar-refractivity contribution in [2.75, 3.05) is 13.2 Å². The zero-order chi connectivity index (χ0) is 11.0. The van der Waals surface area contributed by atoms with Gasteiger partial charge in [-0.15, -0.1) is 0 Å². The van der Waals surface area contributed by atoms with Crippen LogP contribution < -0.4 is 10.1 Å². The Bertz CT molecular complexity index is 399. The highest BCUT2D eigenvalue weighted by Crippen LogP contribution is 2.35. The van der Waals surface area contributed by atoms with Crippen LogP contribution in [0.3, 0.4) is 0 Å². The molecule has 1 aromatic rings. The van der Waals surface area contributed by atoms with Crippen molar-refractivity contribution in [1.29, 1.82) is 0 Å². The molecule has 2 nitrogen and oxygen atoms in total. The first-order valence-corrected chi connectivity index (χ1v) is 6.38. The molecule has 0 saturated carbocycles. The Labute approximate surface area is 101 Å². The molecule has 2 aliphatic rings. The Morgan fingerprint density at radius 1 is 1.44 bits per heavy atom. The summed E-state index contributed by atoms with van der Waals surface area (Å²) in [6.45, 7) is 1.94. The monoisotopic (exact) mass is 237 g/mol. The van der Waals surface area contributed by atoms with Crippen molar-refractivity contribution in [2.45, 2.75) is 31.7 Å². The van der Waals surface area contributed by atoms with E-state index >= 15 is 0 Å². The third-order valence-electron chi connectivity index (χ3n) is 3.44. The van der Waals surface area contributed by atoms with Crippen LogP contribution in [0.1, 0.15) is 24.0 Å². The molecule has 16 heavy (non-hydrogen) atoms. The van der Waals surface area contributed by atoms with E-state index in [2.05, 4.69) is 17.4 Å². The van der Waals surface area contributed by atoms with Gasteiger partial charge >= 0.3 is 0 Å². The molecule has 1 atom stereocenters. The summed E-state index contributed by atoms with van der Waals surface area (Å²) in [6, 6.07) is 4.95. The van der Waals surface area contributed by atoms with Crippen LogP contribution in [0.5, 0.6) is 5.75 Å². The van der Waals surface area contributed by atoms with Gasteiger partial charge < -0.3 is 10.1 Å². The number of nitrogens with one attached hydrogen (secondary N) is 1. The number of benzene rings is 1. The summed E-state index contributed by atoms with van der Waals surface area (Å²) in [5.74, 6) is 0.907. The van der Waals surface area contributed by atoms with E-state index in [1.54, 1.807) is 0 Å². The van der Waals surface area contributed by atoms with E-state index in [0.29, 0.717) is 6.04 Å². The normalized spacial score (nSPS) is 23.2. The van der Waals surface area contributed by atoms with Gasteiger partial charge in [0.2, 0.25) is 0 Å². The summed E-state index contributed by atoms with van der Waals surface area (Å²) in [6.07, 6.45) is 4.67. The minimum atomic E-state index is 0.636. The number of rotatable bonds is 2. The molecule has 1 saturated heterocycles. The van der Waals surface area contributed by atoms with Gasteiger partial charge in [-0.3, -0.25) is 0 Å². The standard InChI is InChI=1S/C13H16ClNO/c14-12-8-9(7-11-2-1-4-15-11)6-10-3-5-16-13(10)12/h6,8,11,15H,1-5,7H2. The summed E-state index contributed by atoms with van der Waals surface area (Å²) >= 11 is 6.21. The SMILES string of the molecule is Clc1cc(CC2CCCN2)cc2c1OCC2. The average Bonchev–Trinajstić information content (AvgIpc) is 2.87. The summed E-state index contributed by atoms with van der Waals surface area (Å²) < 4.78 is 5.51. The molecule has 2 aliphatic heterocycles. The van der Waals surface area contributed by atoms with E-state index in [4.69, 9.17) is 16.3 Å². The van der Waals surface area contributed by atoms with Crippen LogP contribution in [0, 0.1) is 0 Å². The van der Waals surface area contributed by atoms with Crippen molar-refractivity contribution in [3.05, 3.63) is 28.3 Å². The second-order valence-electron chi connectivity index (χ2n) is 4.66. The van der Waals surface area contributed by atoms with Gasteiger partial charge in [0.1, 0.15) is 5.75 Å². The highest BCUT2D eigenvalue weighted by Gasteiger charge is 2.19. The molecule has 3 heteroatoms. The molecular weight excluding hydrogens is 222 g/mol. The van der Waals surface area contributed by atoms with E-state index in [1.165, 1.54) is 24.0 Å². The maximum absolute atomic E-state index is 6.21. The molecule has 1 fully saturated rings. The largest absolute Gasteiger partial charge is 0.491 e. The Morgan fingerprint density at radius 3 is 3.19 bits per heavy atom. The van der Waals surface area contributed by atoms with Crippen molar-refractivity contribution in [3.8, 4) is 5.75 Å². The van der Waals surface area contributed by atoms with Crippen molar-refractivity contribution in [3.63, 3.8) is 0 Å². The molecule has 3 rings (SSSR count). The second-order valence-corrected chi connectivity index (χ2v) is 5.07. The number of ether oxygens (including phenoxy) is 1. The Morgan fingerprint density at radius 2 is 2.38 bits per heavy atom. The quantitative estimate of drug-likeness (QED) is 0.854. The fraction of sp³-hybridized carbons (Fsp3) is 0.538. The third kappa shape index (κ3) is 1.92. The molecule has 0 aliphatic carbocycles. The molecule has 0 spiro atoms. The molecule has 86 valence electrons. The van der Waals surface area contributed by atoms with Crippen molar-refractivity contribution < 1.29 is 4.74 Å². The first-order valence-electron chi connectivity index (χ1n) is 6.00. The lowest BCUT2D eigenvalue weighted by molar-refractivity contribution is 0.357. The molecule has 1 aromatic carbocycles. The molecule has 2 heterocycles. The van der Waals surface area contributed by atoms with Gasteiger partial charge in [-0.2, -0.15) is 0 Å². The van der Waals surface area contributed by atoms with Gasteiger partial charge in [0.25, 0.3) is 0 Å². The second kappa shape index (κ2) is 4.27. The van der Waals surface area contributed by atoms with Crippen LogP contribution in [-0.2, 0) is 12.8 Å². The van der Waals surface area contributed by atoms with Crippen LogP contribution in [0.2, 0.25) is 5.02 Å². The fourth-order valence-corrected chi connectivity index (χ4v) is 2.97. The third-order valence-corrected chi connectivity index (χ3v) is 3.72. The maximum Gasteiger partial charge on any atom is 0.141 e. The molecule has 1 N–H and O–H groups in total. The van der Waals surface area contributed by atoms with Gasteiger partial charge in [0.05, 0.1) is 11.6 Å². The van der Waals surface area contributed by atoms with E-state index in [9.17, 15) is 0 Å². The van der Waals surface area contributed by atoms with Crippen molar-refractivity contribution >= 4 is 11.6 Å². The Balaban J connectivity index is 1.82. The summed E-state index contributed by atoms with van der Waals surface area (Å²) in [5.41, 5.74) is 2.62. The van der Waals surface area contributed by atoms with E-state index in [-0.39, 0.29) is 0 Å². The fourth-order valence-electron chi connectivity index (χ4n) is 2.66. The first kappa shape index (κ1) is 10.4. The summed E-state index contributed by atoms with van der Waals surface area (Å²) in [5, 5.41) is 4.30. The molecule has 0 radical (unpaired) electrons. The smallest absolute Gasteiger partial charge is 0.141 e. The molecule has 0 amide bonds. The summed E-state index contributed by atoms with van der Waals surface area (Å²) in [4.78, 5) is 0. The van der Waals surface area contributed by atoms with Crippen molar-refractivity contribution in [2.24, 2.45) is 0 Å². The van der Waals surface area contributed by atoms with Gasteiger partial charge in [0.15, 0.2) is 0 Å². The van der Waals surface area contributed by atoms with Crippen LogP contribution in [0.4, 0.5) is 0 Å². The van der Waals surface area contributed by atoms with Gasteiger partial charge in [0, 0.05) is 12.5 Å². The van der Waals surface area contributed by atoms with Crippen LogP contribution in [-0.4, -0.2) is 19.2 Å². The van der Waals surface area contributed by atoms with Crippen LogP contribution in [0.15, 0.2) is 12.1 Å². The summed E-state index contributed by atoms with van der Waals surface area (Å²) in [7, 11) is 0. The first-order chi connectivity index (χ1) is 7.83. The number of hydrogen-bond donors (Lipinski definition) is 1. The highest BCUT2D eigenvalue weighted by molar-refractivity contribution is 6.32. The van der Waals surface area contributed by atoms with Crippen LogP contribution in [0.25, 0.3) is 0 Å². The Hall–Kier alpha value is -0.730.